The van der Waals surface area contributed by atoms with Gasteiger partial charge in [-0.15, -0.1) is 0 Å². The van der Waals surface area contributed by atoms with Gasteiger partial charge >= 0.3 is 18.1 Å². The highest BCUT2D eigenvalue weighted by atomic mass is 32.1. The number of anilines is 2. The molecule has 0 radical (unpaired) electrons. The zero-order valence-electron chi connectivity index (χ0n) is 9.00. The Morgan fingerprint density at radius 1 is 1.50 bits per heavy atom. The lowest BCUT2D eigenvalue weighted by Gasteiger charge is -2.04. The number of esters is 1. The molecule has 0 fully saturated rings. The predicted octanol–water partition coefficient (Wildman–Crippen LogP) is 1.40. The van der Waals surface area contributed by atoms with E-state index >= 15 is 0 Å². The average molecular weight is 283 g/mol. The Morgan fingerprint density at radius 2 is 2.11 bits per heavy atom. The molecular weight excluding hydrogens is 275 g/mol. The standard InChI is InChI=1S/C8H8F3N3O3S/c1-2-17-5(15)3-4(12)18-7(13-3)14-6(16)8(9,10)11/h2,12H2,1H3,(H,13,14,16). The van der Waals surface area contributed by atoms with Gasteiger partial charge < -0.3 is 10.5 Å². The summed E-state index contributed by atoms with van der Waals surface area (Å²) < 4.78 is 40.5. The number of amides is 1. The van der Waals surface area contributed by atoms with Crippen LogP contribution in [0.5, 0.6) is 0 Å². The molecule has 0 aliphatic rings. The molecule has 0 aliphatic heterocycles. The second kappa shape index (κ2) is 5.21. The van der Waals surface area contributed by atoms with E-state index in [1.165, 1.54) is 5.32 Å². The van der Waals surface area contributed by atoms with Crippen molar-refractivity contribution in [2.24, 2.45) is 0 Å². The van der Waals surface area contributed by atoms with Crippen molar-refractivity contribution in [2.45, 2.75) is 13.1 Å². The van der Waals surface area contributed by atoms with Gasteiger partial charge in [-0.2, -0.15) is 13.2 Å². The molecule has 18 heavy (non-hydrogen) atoms. The monoisotopic (exact) mass is 283 g/mol. The average Bonchev–Trinajstić information content (AvgIpc) is 2.58. The van der Waals surface area contributed by atoms with Gasteiger partial charge in [0.05, 0.1) is 6.61 Å². The molecule has 0 unspecified atom stereocenters. The van der Waals surface area contributed by atoms with E-state index in [-0.39, 0.29) is 17.3 Å². The summed E-state index contributed by atoms with van der Waals surface area (Å²) in [6, 6.07) is 0. The van der Waals surface area contributed by atoms with Crippen LogP contribution >= 0.6 is 11.3 Å². The van der Waals surface area contributed by atoms with Crippen LogP contribution in [0.1, 0.15) is 17.4 Å². The highest BCUT2D eigenvalue weighted by Gasteiger charge is 2.39. The van der Waals surface area contributed by atoms with E-state index in [0.717, 1.165) is 0 Å². The third kappa shape index (κ3) is 3.32. The summed E-state index contributed by atoms with van der Waals surface area (Å²) in [7, 11) is 0. The topological polar surface area (TPSA) is 94.3 Å². The number of hydrogen-bond acceptors (Lipinski definition) is 6. The van der Waals surface area contributed by atoms with Crippen molar-refractivity contribution in [1.29, 1.82) is 0 Å². The molecule has 0 spiro atoms. The largest absolute Gasteiger partial charge is 0.471 e. The summed E-state index contributed by atoms with van der Waals surface area (Å²) in [4.78, 5) is 25.4. The minimum Gasteiger partial charge on any atom is -0.461 e. The number of rotatable bonds is 3. The van der Waals surface area contributed by atoms with E-state index in [4.69, 9.17) is 5.73 Å². The number of hydrogen-bond donors (Lipinski definition) is 2. The first-order valence-electron chi connectivity index (χ1n) is 4.57. The van der Waals surface area contributed by atoms with Gasteiger partial charge in [-0.25, -0.2) is 9.78 Å². The van der Waals surface area contributed by atoms with E-state index < -0.39 is 23.2 Å². The van der Waals surface area contributed by atoms with Crippen molar-refractivity contribution >= 4 is 33.3 Å². The van der Waals surface area contributed by atoms with Gasteiger partial charge in [0.25, 0.3) is 0 Å². The Morgan fingerprint density at radius 3 is 2.61 bits per heavy atom. The Bertz CT molecular complexity index is 472. The van der Waals surface area contributed by atoms with Crippen LogP contribution in [0.25, 0.3) is 0 Å². The third-order valence-electron chi connectivity index (χ3n) is 1.60. The minimum absolute atomic E-state index is 0.0695. The predicted molar refractivity (Wildman–Crippen MR) is 57.2 cm³/mol. The fourth-order valence-corrected chi connectivity index (χ4v) is 1.61. The number of nitrogens with two attached hydrogens (primary N) is 1. The molecule has 100 valence electrons. The van der Waals surface area contributed by atoms with Gasteiger partial charge in [0.15, 0.2) is 10.8 Å². The summed E-state index contributed by atoms with van der Waals surface area (Å²) >= 11 is 0.547. The van der Waals surface area contributed by atoms with Gasteiger partial charge in [-0.3, -0.25) is 10.1 Å². The molecule has 0 saturated carbocycles. The number of ether oxygens (including phenoxy) is 1. The van der Waals surface area contributed by atoms with Crippen molar-refractivity contribution in [1.82, 2.24) is 4.98 Å². The quantitative estimate of drug-likeness (QED) is 0.818. The van der Waals surface area contributed by atoms with Gasteiger partial charge in [0.1, 0.15) is 5.00 Å². The highest BCUT2D eigenvalue weighted by molar-refractivity contribution is 7.19. The molecular formula is C8H8F3N3O3S. The van der Waals surface area contributed by atoms with E-state index in [0.29, 0.717) is 11.3 Å². The van der Waals surface area contributed by atoms with Crippen molar-refractivity contribution in [2.75, 3.05) is 17.7 Å². The Balaban J connectivity index is 2.85. The second-order valence-electron chi connectivity index (χ2n) is 2.90. The van der Waals surface area contributed by atoms with Crippen LogP contribution in [0.2, 0.25) is 0 Å². The molecule has 1 aromatic rings. The van der Waals surface area contributed by atoms with Crippen molar-refractivity contribution in [3.63, 3.8) is 0 Å². The number of nitrogens with zero attached hydrogens (tertiary/aromatic N) is 1. The lowest BCUT2D eigenvalue weighted by molar-refractivity contribution is -0.167. The third-order valence-corrected chi connectivity index (χ3v) is 2.40. The molecule has 10 heteroatoms. The summed E-state index contributed by atoms with van der Waals surface area (Å²) in [5.74, 6) is -3.05. The Kier molecular flexibility index (Phi) is 4.11. The van der Waals surface area contributed by atoms with Gasteiger partial charge in [0.2, 0.25) is 0 Å². The van der Waals surface area contributed by atoms with Crippen LogP contribution in [-0.2, 0) is 9.53 Å². The zero-order valence-corrected chi connectivity index (χ0v) is 9.82. The number of nitrogens with one attached hydrogen (secondary N) is 1. The first-order valence-corrected chi connectivity index (χ1v) is 5.39. The van der Waals surface area contributed by atoms with Gasteiger partial charge in [0, 0.05) is 0 Å². The van der Waals surface area contributed by atoms with Crippen LogP contribution in [0.3, 0.4) is 0 Å². The maximum Gasteiger partial charge on any atom is 0.471 e. The first-order chi connectivity index (χ1) is 8.25. The highest BCUT2D eigenvalue weighted by Crippen LogP contribution is 2.27. The smallest absolute Gasteiger partial charge is 0.461 e. The van der Waals surface area contributed by atoms with Crippen LogP contribution in [0.4, 0.5) is 23.3 Å². The number of thiazole rings is 1. The SMILES string of the molecule is CCOC(=O)c1nc(NC(=O)C(F)(F)F)sc1N. The molecule has 1 aromatic heterocycles. The molecule has 0 aliphatic carbocycles. The van der Waals surface area contributed by atoms with Crippen molar-refractivity contribution in [3.05, 3.63) is 5.69 Å². The van der Waals surface area contributed by atoms with Crippen LogP contribution in [0, 0.1) is 0 Å². The second-order valence-corrected chi connectivity index (χ2v) is 3.93. The molecule has 0 saturated heterocycles. The number of halogens is 3. The van der Waals surface area contributed by atoms with Crippen molar-refractivity contribution in [3.8, 4) is 0 Å². The lowest BCUT2D eigenvalue weighted by atomic mass is 10.5. The number of carbonyl (C=O) groups excluding carboxylic acids is 2. The van der Waals surface area contributed by atoms with E-state index in [2.05, 4.69) is 9.72 Å². The van der Waals surface area contributed by atoms with Crippen LogP contribution in [0.15, 0.2) is 0 Å². The molecule has 1 heterocycles. The summed E-state index contributed by atoms with van der Waals surface area (Å²) in [6.45, 7) is 1.62. The minimum atomic E-state index is -5.04. The molecule has 1 amide bonds. The summed E-state index contributed by atoms with van der Waals surface area (Å²) in [5, 5.41) is 0.944. The van der Waals surface area contributed by atoms with Crippen LogP contribution < -0.4 is 11.1 Å². The van der Waals surface area contributed by atoms with E-state index in [1.54, 1.807) is 6.92 Å². The normalized spacial score (nSPS) is 11.1. The first kappa shape index (κ1) is 14.2. The Labute approximate surface area is 103 Å². The fourth-order valence-electron chi connectivity index (χ4n) is 0.899. The zero-order chi connectivity index (χ0) is 13.9. The number of nitrogen functional groups attached to an aromatic ring is 1. The van der Waals surface area contributed by atoms with Crippen molar-refractivity contribution < 1.29 is 27.5 Å². The van der Waals surface area contributed by atoms with Gasteiger partial charge in [-0.1, -0.05) is 11.3 Å². The molecule has 0 atom stereocenters. The summed E-state index contributed by atoms with van der Waals surface area (Å²) in [5.41, 5.74) is 5.06. The maximum atomic E-state index is 12.0. The van der Waals surface area contributed by atoms with E-state index in [1.807, 2.05) is 0 Å². The molecule has 3 N–H and O–H groups in total. The number of carbonyl (C=O) groups is 2. The number of alkyl halides is 3. The molecule has 6 nitrogen and oxygen atoms in total. The molecule has 1 rings (SSSR count). The summed E-state index contributed by atoms with van der Waals surface area (Å²) in [6.07, 6.45) is -5.04. The Hall–Kier alpha value is -1.84. The van der Waals surface area contributed by atoms with E-state index in [9.17, 15) is 22.8 Å². The molecule has 0 bridgehead atoms. The molecule has 0 aromatic carbocycles. The van der Waals surface area contributed by atoms with Crippen LogP contribution in [-0.4, -0.2) is 29.6 Å². The van der Waals surface area contributed by atoms with Gasteiger partial charge in [-0.05, 0) is 6.92 Å². The maximum absolute atomic E-state index is 12.0. The fraction of sp³-hybridized carbons (Fsp3) is 0.375. The number of aromatic nitrogens is 1. The lowest BCUT2D eigenvalue weighted by Crippen LogP contribution is -2.29.